The van der Waals surface area contributed by atoms with Crippen LogP contribution in [0.25, 0.3) is 11.3 Å². The SMILES string of the molecule is CCCc1nc(-c2ccc(Br)c(Cl)c2)c(N)n1C(C)C. The van der Waals surface area contributed by atoms with Crippen LogP contribution in [0.5, 0.6) is 0 Å². The minimum atomic E-state index is 0.295. The van der Waals surface area contributed by atoms with Crippen molar-refractivity contribution in [2.45, 2.75) is 39.7 Å². The zero-order valence-corrected chi connectivity index (χ0v) is 14.3. The molecule has 0 spiro atoms. The molecule has 1 heterocycles. The van der Waals surface area contributed by atoms with E-state index in [1.54, 1.807) is 0 Å². The van der Waals surface area contributed by atoms with E-state index >= 15 is 0 Å². The maximum atomic E-state index is 6.30. The molecule has 0 aliphatic rings. The Kier molecular flexibility index (Phi) is 4.76. The quantitative estimate of drug-likeness (QED) is 0.830. The summed E-state index contributed by atoms with van der Waals surface area (Å²) in [5.74, 6) is 1.75. The highest BCUT2D eigenvalue weighted by Crippen LogP contribution is 2.33. The third kappa shape index (κ3) is 2.86. The van der Waals surface area contributed by atoms with E-state index in [-0.39, 0.29) is 0 Å². The van der Waals surface area contributed by atoms with Gasteiger partial charge in [-0.15, -0.1) is 0 Å². The third-order valence-electron chi connectivity index (χ3n) is 3.20. The van der Waals surface area contributed by atoms with Crippen molar-refractivity contribution in [1.82, 2.24) is 9.55 Å². The molecule has 0 bridgehead atoms. The average molecular weight is 357 g/mol. The Morgan fingerprint density at radius 2 is 2.10 bits per heavy atom. The summed E-state index contributed by atoms with van der Waals surface area (Å²) in [6.07, 6.45) is 1.97. The molecule has 0 aliphatic carbocycles. The van der Waals surface area contributed by atoms with Crippen molar-refractivity contribution in [1.29, 1.82) is 0 Å². The van der Waals surface area contributed by atoms with E-state index in [0.717, 1.165) is 34.4 Å². The number of aromatic nitrogens is 2. The van der Waals surface area contributed by atoms with E-state index in [4.69, 9.17) is 22.3 Å². The number of rotatable bonds is 4. The first-order valence-electron chi connectivity index (χ1n) is 6.77. The molecule has 0 aliphatic heterocycles. The van der Waals surface area contributed by atoms with Crippen LogP contribution in [0.15, 0.2) is 22.7 Å². The van der Waals surface area contributed by atoms with E-state index in [9.17, 15) is 0 Å². The van der Waals surface area contributed by atoms with Crippen LogP contribution >= 0.6 is 27.5 Å². The Balaban J connectivity index is 2.56. The highest BCUT2D eigenvalue weighted by molar-refractivity contribution is 9.10. The fourth-order valence-electron chi connectivity index (χ4n) is 2.33. The van der Waals surface area contributed by atoms with E-state index < -0.39 is 0 Å². The van der Waals surface area contributed by atoms with Crippen molar-refractivity contribution < 1.29 is 0 Å². The second kappa shape index (κ2) is 6.19. The molecule has 2 N–H and O–H groups in total. The summed E-state index contributed by atoms with van der Waals surface area (Å²) in [4.78, 5) is 4.73. The highest BCUT2D eigenvalue weighted by atomic mass is 79.9. The fourth-order valence-corrected chi connectivity index (χ4v) is 2.75. The van der Waals surface area contributed by atoms with Gasteiger partial charge in [-0.1, -0.05) is 24.6 Å². The van der Waals surface area contributed by atoms with Gasteiger partial charge in [0.05, 0.1) is 5.02 Å². The summed E-state index contributed by atoms with van der Waals surface area (Å²) in [6.45, 7) is 6.39. The summed E-state index contributed by atoms with van der Waals surface area (Å²) in [7, 11) is 0. The van der Waals surface area contributed by atoms with Crippen molar-refractivity contribution in [3.05, 3.63) is 33.5 Å². The molecular formula is C15H19BrClN3. The van der Waals surface area contributed by atoms with Crippen molar-refractivity contribution in [2.75, 3.05) is 5.73 Å². The van der Waals surface area contributed by atoms with Crippen LogP contribution in [-0.4, -0.2) is 9.55 Å². The van der Waals surface area contributed by atoms with Crippen LogP contribution in [0, 0.1) is 0 Å². The molecule has 0 atom stereocenters. The lowest BCUT2D eigenvalue weighted by atomic mass is 10.1. The van der Waals surface area contributed by atoms with Gasteiger partial charge in [0.1, 0.15) is 17.3 Å². The van der Waals surface area contributed by atoms with E-state index in [1.807, 2.05) is 18.2 Å². The Hall–Kier alpha value is -1.00. The number of benzene rings is 1. The number of nitrogens with zero attached hydrogens (tertiary/aromatic N) is 2. The second-order valence-electron chi connectivity index (χ2n) is 5.10. The maximum Gasteiger partial charge on any atom is 0.131 e. The van der Waals surface area contributed by atoms with Gasteiger partial charge in [0.15, 0.2) is 0 Å². The molecule has 20 heavy (non-hydrogen) atoms. The number of aryl methyl sites for hydroxylation is 1. The summed E-state index contributed by atoms with van der Waals surface area (Å²) >= 11 is 9.56. The number of nitrogen functional groups attached to an aromatic ring is 1. The average Bonchev–Trinajstić information content (AvgIpc) is 2.70. The molecule has 0 unspecified atom stereocenters. The largest absolute Gasteiger partial charge is 0.383 e. The Labute approximate surface area is 133 Å². The number of anilines is 1. The monoisotopic (exact) mass is 355 g/mol. The predicted molar refractivity (Wildman–Crippen MR) is 89.2 cm³/mol. The van der Waals surface area contributed by atoms with Crippen molar-refractivity contribution in [3.63, 3.8) is 0 Å². The lowest BCUT2D eigenvalue weighted by molar-refractivity contribution is 0.571. The van der Waals surface area contributed by atoms with Gasteiger partial charge in [0, 0.05) is 22.5 Å². The fraction of sp³-hybridized carbons (Fsp3) is 0.400. The van der Waals surface area contributed by atoms with Crippen molar-refractivity contribution in [2.24, 2.45) is 0 Å². The van der Waals surface area contributed by atoms with Gasteiger partial charge in [-0.2, -0.15) is 0 Å². The van der Waals surface area contributed by atoms with Crippen LogP contribution in [-0.2, 0) is 6.42 Å². The highest BCUT2D eigenvalue weighted by Gasteiger charge is 2.18. The summed E-state index contributed by atoms with van der Waals surface area (Å²) in [5.41, 5.74) is 8.07. The zero-order valence-electron chi connectivity index (χ0n) is 12.0. The first kappa shape index (κ1) is 15.4. The molecule has 2 rings (SSSR count). The number of imidazole rings is 1. The summed E-state index contributed by atoms with van der Waals surface area (Å²) in [6, 6.07) is 6.09. The molecule has 0 radical (unpaired) electrons. The lowest BCUT2D eigenvalue weighted by Gasteiger charge is -2.13. The molecule has 1 aromatic heterocycles. The Bertz CT molecular complexity index is 620. The number of hydrogen-bond acceptors (Lipinski definition) is 2. The van der Waals surface area contributed by atoms with Gasteiger partial charge in [-0.3, -0.25) is 0 Å². The number of hydrogen-bond donors (Lipinski definition) is 1. The summed E-state index contributed by atoms with van der Waals surface area (Å²) < 4.78 is 2.98. The first-order valence-corrected chi connectivity index (χ1v) is 7.94. The van der Waals surface area contributed by atoms with E-state index in [2.05, 4.69) is 41.3 Å². The predicted octanol–water partition coefficient (Wildman–Crippen LogP) is 5.08. The molecular weight excluding hydrogens is 338 g/mol. The summed E-state index contributed by atoms with van der Waals surface area (Å²) in [5, 5.41) is 0.665. The molecule has 3 nitrogen and oxygen atoms in total. The molecule has 0 fully saturated rings. The van der Waals surface area contributed by atoms with Crippen LogP contribution < -0.4 is 5.73 Å². The Morgan fingerprint density at radius 3 is 2.65 bits per heavy atom. The molecule has 0 saturated heterocycles. The van der Waals surface area contributed by atoms with Crippen LogP contribution in [0.1, 0.15) is 39.1 Å². The molecule has 2 aromatic rings. The smallest absolute Gasteiger partial charge is 0.131 e. The van der Waals surface area contributed by atoms with Crippen LogP contribution in [0.3, 0.4) is 0 Å². The van der Waals surface area contributed by atoms with Crippen molar-refractivity contribution >= 4 is 33.3 Å². The van der Waals surface area contributed by atoms with Crippen LogP contribution in [0.2, 0.25) is 5.02 Å². The van der Waals surface area contributed by atoms with E-state index in [1.165, 1.54) is 0 Å². The zero-order chi connectivity index (χ0) is 14.9. The van der Waals surface area contributed by atoms with Crippen LogP contribution in [0.4, 0.5) is 5.82 Å². The topological polar surface area (TPSA) is 43.8 Å². The second-order valence-corrected chi connectivity index (χ2v) is 6.37. The van der Waals surface area contributed by atoms with Gasteiger partial charge in [0.25, 0.3) is 0 Å². The normalized spacial score (nSPS) is 11.3. The third-order valence-corrected chi connectivity index (χ3v) is 4.44. The lowest BCUT2D eigenvalue weighted by Crippen LogP contribution is -2.09. The van der Waals surface area contributed by atoms with Gasteiger partial charge >= 0.3 is 0 Å². The molecule has 5 heteroatoms. The van der Waals surface area contributed by atoms with Gasteiger partial charge in [0.2, 0.25) is 0 Å². The minimum Gasteiger partial charge on any atom is -0.383 e. The number of halogens is 2. The van der Waals surface area contributed by atoms with Gasteiger partial charge in [-0.05, 0) is 48.3 Å². The molecule has 1 aromatic carbocycles. The van der Waals surface area contributed by atoms with Gasteiger partial charge in [-0.25, -0.2) is 4.98 Å². The standard InChI is InChI=1S/C15H19BrClN3/c1-4-5-13-19-14(15(18)20(13)9(2)3)10-6-7-11(16)12(17)8-10/h6-9H,4-5,18H2,1-3H3. The first-order chi connectivity index (χ1) is 9.45. The number of nitrogens with two attached hydrogens (primary N) is 1. The minimum absolute atomic E-state index is 0.295. The maximum absolute atomic E-state index is 6.30. The van der Waals surface area contributed by atoms with Gasteiger partial charge < -0.3 is 10.3 Å². The van der Waals surface area contributed by atoms with Crippen molar-refractivity contribution in [3.8, 4) is 11.3 Å². The Morgan fingerprint density at radius 1 is 1.40 bits per heavy atom. The van der Waals surface area contributed by atoms with E-state index in [0.29, 0.717) is 16.9 Å². The molecule has 0 amide bonds. The molecule has 0 saturated carbocycles. The molecule has 108 valence electrons.